The van der Waals surface area contributed by atoms with Crippen molar-refractivity contribution in [2.75, 3.05) is 25.9 Å². The average molecular weight is 265 g/mol. The van der Waals surface area contributed by atoms with Gasteiger partial charge in [0.2, 0.25) is 0 Å². The summed E-state index contributed by atoms with van der Waals surface area (Å²) in [5, 5.41) is 0. The second-order valence-corrected chi connectivity index (χ2v) is 5.63. The Bertz CT molecular complexity index is 320. The van der Waals surface area contributed by atoms with Crippen LogP contribution in [0, 0.1) is 0 Å². The highest BCUT2D eigenvalue weighted by Crippen LogP contribution is 2.18. The minimum atomic E-state index is 0.678. The summed E-state index contributed by atoms with van der Waals surface area (Å²) in [6.07, 6.45) is 3.53. The minimum absolute atomic E-state index is 0.678. The van der Waals surface area contributed by atoms with Crippen LogP contribution in [0.5, 0.6) is 0 Å². The number of hydrogen-bond donors (Lipinski definition) is 1. The van der Waals surface area contributed by atoms with Crippen molar-refractivity contribution in [2.24, 2.45) is 0 Å². The first kappa shape index (κ1) is 15.6. The molecule has 0 amide bonds. The molecule has 0 radical (unpaired) electrons. The van der Waals surface area contributed by atoms with Crippen LogP contribution in [0.15, 0.2) is 24.3 Å². The molecule has 0 aromatic heterocycles. The number of rotatable bonds is 8. The second-order valence-electron chi connectivity index (χ2n) is 5.18. The van der Waals surface area contributed by atoms with Crippen LogP contribution < -0.4 is 0 Å². The summed E-state index contributed by atoms with van der Waals surface area (Å²) in [5.41, 5.74) is 2.91. The largest absolute Gasteiger partial charge is 0.306 e. The zero-order valence-electron chi connectivity index (χ0n) is 12.0. The summed E-state index contributed by atoms with van der Waals surface area (Å²) in [7, 11) is 2.19. The maximum absolute atomic E-state index is 4.25. The van der Waals surface area contributed by atoms with E-state index in [1.54, 1.807) is 0 Å². The summed E-state index contributed by atoms with van der Waals surface area (Å²) in [6, 6.07) is 9.15. The van der Waals surface area contributed by atoms with E-state index in [0.717, 1.165) is 25.3 Å². The Balaban J connectivity index is 2.39. The summed E-state index contributed by atoms with van der Waals surface area (Å²) < 4.78 is 0. The fraction of sp³-hybridized carbons (Fsp3) is 0.625. The molecule has 0 N–H and O–H groups in total. The molecule has 0 bridgehead atoms. The Kier molecular flexibility index (Phi) is 7.45. The molecule has 102 valence electrons. The van der Waals surface area contributed by atoms with Crippen LogP contribution in [0.4, 0.5) is 0 Å². The molecule has 1 rings (SSSR count). The first-order chi connectivity index (χ1) is 8.67. The number of nitrogens with zero attached hydrogens (tertiary/aromatic N) is 1. The Hall–Kier alpha value is -0.470. The summed E-state index contributed by atoms with van der Waals surface area (Å²) in [5.74, 6) is 1.66. The van der Waals surface area contributed by atoms with Crippen molar-refractivity contribution >= 4 is 12.6 Å². The van der Waals surface area contributed by atoms with Crippen LogP contribution >= 0.6 is 12.6 Å². The highest BCUT2D eigenvalue weighted by Gasteiger charge is 2.03. The molecule has 1 nitrogen and oxygen atoms in total. The Morgan fingerprint density at radius 2 is 1.83 bits per heavy atom. The van der Waals surface area contributed by atoms with E-state index in [1.165, 1.54) is 24.0 Å². The molecule has 0 aliphatic heterocycles. The van der Waals surface area contributed by atoms with Gasteiger partial charge in [-0.25, -0.2) is 0 Å². The van der Waals surface area contributed by atoms with Gasteiger partial charge < -0.3 is 4.90 Å². The van der Waals surface area contributed by atoms with Crippen LogP contribution in [0.2, 0.25) is 0 Å². The first-order valence-electron chi connectivity index (χ1n) is 7.05. The van der Waals surface area contributed by atoms with Crippen LogP contribution in [-0.2, 0) is 6.42 Å². The van der Waals surface area contributed by atoms with E-state index in [0.29, 0.717) is 5.92 Å². The number of hydrogen-bond acceptors (Lipinski definition) is 2. The molecule has 0 fully saturated rings. The van der Waals surface area contributed by atoms with E-state index in [2.05, 4.69) is 62.7 Å². The molecule has 0 saturated carbocycles. The molecular weight excluding hydrogens is 238 g/mol. The fourth-order valence-corrected chi connectivity index (χ4v) is 2.16. The number of thiol groups is 1. The lowest BCUT2D eigenvalue weighted by Crippen LogP contribution is -2.22. The van der Waals surface area contributed by atoms with E-state index in [9.17, 15) is 0 Å². The van der Waals surface area contributed by atoms with Gasteiger partial charge in [-0.05, 0) is 55.7 Å². The minimum Gasteiger partial charge on any atom is -0.306 e. The molecule has 0 aliphatic rings. The third-order valence-electron chi connectivity index (χ3n) is 3.64. The van der Waals surface area contributed by atoms with E-state index in [4.69, 9.17) is 0 Å². The van der Waals surface area contributed by atoms with Crippen molar-refractivity contribution in [3.63, 3.8) is 0 Å². The first-order valence-corrected chi connectivity index (χ1v) is 7.68. The Labute approximate surface area is 118 Å². The van der Waals surface area contributed by atoms with Gasteiger partial charge in [0.05, 0.1) is 0 Å². The van der Waals surface area contributed by atoms with Crippen molar-refractivity contribution in [2.45, 2.75) is 39.0 Å². The van der Waals surface area contributed by atoms with Crippen LogP contribution in [0.1, 0.15) is 43.7 Å². The van der Waals surface area contributed by atoms with E-state index < -0.39 is 0 Å². The summed E-state index contributed by atoms with van der Waals surface area (Å²) >= 11 is 4.25. The predicted molar refractivity (Wildman–Crippen MR) is 84.8 cm³/mol. The van der Waals surface area contributed by atoms with Gasteiger partial charge in [0.25, 0.3) is 0 Å². The van der Waals surface area contributed by atoms with Crippen molar-refractivity contribution in [3.05, 3.63) is 35.4 Å². The fourth-order valence-electron chi connectivity index (χ4n) is 2.02. The summed E-state index contributed by atoms with van der Waals surface area (Å²) in [6.45, 7) is 6.82. The number of likely N-dealkylation sites (N-methyl/N-ethyl adjacent to an activating group) is 1. The van der Waals surface area contributed by atoms with Gasteiger partial charge in [-0.15, -0.1) is 0 Å². The highest BCUT2D eigenvalue weighted by atomic mass is 32.1. The van der Waals surface area contributed by atoms with E-state index >= 15 is 0 Å². The highest BCUT2D eigenvalue weighted by molar-refractivity contribution is 7.80. The van der Waals surface area contributed by atoms with Crippen molar-refractivity contribution < 1.29 is 0 Å². The predicted octanol–water partition coefficient (Wildman–Crippen LogP) is 3.99. The van der Waals surface area contributed by atoms with Crippen LogP contribution in [-0.4, -0.2) is 30.8 Å². The quantitative estimate of drug-likeness (QED) is 0.696. The Morgan fingerprint density at radius 3 is 2.39 bits per heavy atom. The van der Waals surface area contributed by atoms with Gasteiger partial charge in [0.1, 0.15) is 0 Å². The molecule has 0 spiro atoms. The third kappa shape index (κ3) is 5.45. The molecule has 1 unspecified atom stereocenters. The molecule has 18 heavy (non-hydrogen) atoms. The van der Waals surface area contributed by atoms with Crippen LogP contribution in [0.3, 0.4) is 0 Å². The molecule has 0 heterocycles. The van der Waals surface area contributed by atoms with Gasteiger partial charge in [-0.3, -0.25) is 0 Å². The molecule has 0 aliphatic carbocycles. The smallest absolute Gasteiger partial charge is 0.00188 e. The van der Waals surface area contributed by atoms with Gasteiger partial charge in [-0.1, -0.05) is 38.1 Å². The molecule has 1 aromatic carbocycles. The van der Waals surface area contributed by atoms with Gasteiger partial charge in [0.15, 0.2) is 0 Å². The van der Waals surface area contributed by atoms with E-state index in [1.807, 2.05) is 0 Å². The number of benzene rings is 1. The normalized spacial score (nSPS) is 12.9. The molecule has 1 atom stereocenters. The second kappa shape index (κ2) is 8.60. The van der Waals surface area contributed by atoms with Crippen molar-refractivity contribution in [1.82, 2.24) is 4.90 Å². The monoisotopic (exact) mass is 265 g/mol. The van der Waals surface area contributed by atoms with Gasteiger partial charge >= 0.3 is 0 Å². The van der Waals surface area contributed by atoms with Crippen molar-refractivity contribution in [3.8, 4) is 0 Å². The topological polar surface area (TPSA) is 3.24 Å². The molecule has 1 aromatic rings. The SMILES string of the molecule is CCC(C)c1ccc(CCN(C)CCCS)cc1. The van der Waals surface area contributed by atoms with Gasteiger partial charge in [0, 0.05) is 6.54 Å². The molecule has 2 heteroatoms. The third-order valence-corrected chi connectivity index (χ3v) is 3.96. The van der Waals surface area contributed by atoms with Gasteiger partial charge in [-0.2, -0.15) is 12.6 Å². The lowest BCUT2D eigenvalue weighted by atomic mass is 9.97. The van der Waals surface area contributed by atoms with Crippen LogP contribution in [0.25, 0.3) is 0 Å². The zero-order chi connectivity index (χ0) is 13.4. The van der Waals surface area contributed by atoms with Crippen molar-refractivity contribution in [1.29, 1.82) is 0 Å². The van der Waals surface area contributed by atoms with E-state index in [-0.39, 0.29) is 0 Å². The summed E-state index contributed by atoms with van der Waals surface area (Å²) in [4.78, 5) is 2.39. The molecular formula is C16H27NS. The zero-order valence-corrected chi connectivity index (χ0v) is 12.9. The lowest BCUT2D eigenvalue weighted by molar-refractivity contribution is 0.340. The Morgan fingerprint density at radius 1 is 1.17 bits per heavy atom. The average Bonchev–Trinajstić information content (AvgIpc) is 2.42. The lowest BCUT2D eigenvalue weighted by Gasteiger charge is -2.16. The standard InChI is InChI=1S/C16H27NS/c1-4-14(2)16-8-6-15(7-9-16)10-12-17(3)11-5-13-18/h6-9,14,18H,4-5,10-13H2,1-3H3. The maximum atomic E-state index is 4.25. The molecule has 0 saturated heterocycles. The maximum Gasteiger partial charge on any atom is 0.00188 e.